The fourth-order valence-corrected chi connectivity index (χ4v) is 4.23. The number of rotatable bonds is 4. The highest BCUT2D eigenvalue weighted by atomic mass is 16.2. The summed E-state index contributed by atoms with van der Waals surface area (Å²) in [5, 5.41) is 0. The zero-order valence-electron chi connectivity index (χ0n) is 15.9. The molecule has 0 N–H and O–H groups in total. The summed E-state index contributed by atoms with van der Waals surface area (Å²) in [6.07, 6.45) is 8.70. The van der Waals surface area contributed by atoms with E-state index < -0.39 is 0 Å². The van der Waals surface area contributed by atoms with Crippen molar-refractivity contribution in [2.45, 2.75) is 38.5 Å². The molecule has 0 unspecified atom stereocenters. The molecule has 1 saturated heterocycles. The number of likely N-dealkylation sites (tertiary alicyclic amines) is 1. The van der Waals surface area contributed by atoms with Crippen LogP contribution in [0.5, 0.6) is 0 Å². The molecule has 1 aliphatic heterocycles. The minimum absolute atomic E-state index is 0.275. The lowest BCUT2D eigenvalue weighted by atomic mass is 9.83. The van der Waals surface area contributed by atoms with Gasteiger partial charge in [0.05, 0.1) is 0 Å². The van der Waals surface area contributed by atoms with Crippen molar-refractivity contribution in [3.8, 4) is 0 Å². The Labute approximate surface area is 162 Å². The Balaban J connectivity index is 1.81. The first kappa shape index (κ1) is 17.8. The van der Waals surface area contributed by atoms with Gasteiger partial charge in [0.2, 0.25) is 5.91 Å². The third kappa shape index (κ3) is 4.05. The summed E-state index contributed by atoms with van der Waals surface area (Å²) < 4.78 is 0. The van der Waals surface area contributed by atoms with Crippen LogP contribution in [-0.2, 0) is 4.79 Å². The Bertz CT molecular complexity index is 842. The average Bonchev–Trinajstić information content (AvgIpc) is 3.28. The van der Waals surface area contributed by atoms with Crippen LogP contribution in [0.3, 0.4) is 0 Å². The van der Waals surface area contributed by atoms with Gasteiger partial charge in [0, 0.05) is 18.7 Å². The molecule has 138 valence electrons. The van der Waals surface area contributed by atoms with Crippen molar-refractivity contribution in [1.29, 1.82) is 0 Å². The fourth-order valence-electron chi connectivity index (χ4n) is 4.23. The molecule has 2 aromatic rings. The number of hydrogen-bond acceptors (Lipinski definition) is 1. The lowest BCUT2D eigenvalue weighted by Crippen LogP contribution is -2.30. The average molecular weight is 357 g/mol. The van der Waals surface area contributed by atoms with Crippen molar-refractivity contribution in [2.75, 3.05) is 13.1 Å². The molecule has 0 saturated carbocycles. The molecule has 1 fully saturated rings. The van der Waals surface area contributed by atoms with E-state index in [1.807, 2.05) is 6.07 Å². The summed E-state index contributed by atoms with van der Waals surface area (Å²) in [6.45, 7) is 1.83. The highest BCUT2D eigenvalue weighted by Gasteiger charge is 2.27. The Hall–Kier alpha value is -2.61. The second kappa shape index (κ2) is 8.39. The summed E-state index contributed by atoms with van der Waals surface area (Å²) in [5.74, 6) is 0.275. The molecule has 2 nitrogen and oxygen atoms in total. The molecule has 27 heavy (non-hydrogen) atoms. The van der Waals surface area contributed by atoms with Crippen LogP contribution in [0.2, 0.25) is 0 Å². The molecule has 1 heterocycles. The number of allylic oxidation sites excluding steroid dienone is 2. The van der Waals surface area contributed by atoms with Crippen molar-refractivity contribution in [2.24, 2.45) is 0 Å². The maximum absolute atomic E-state index is 13.2. The van der Waals surface area contributed by atoms with Crippen LogP contribution in [0.1, 0.15) is 49.7 Å². The lowest BCUT2D eigenvalue weighted by Gasteiger charge is -2.26. The van der Waals surface area contributed by atoms with E-state index in [1.54, 1.807) is 0 Å². The SMILES string of the molecule is O=C(C1=C(/C(=C/c2ccccc2)c2ccccc2)CCCC1)N1CCCC1. The third-order valence-electron chi connectivity index (χ3n) is 5.64. The first-order valence-electron chi connectivity index (χ1n) is 10.2. The van der Waals surface area contributed by atoms with Gasteiger partial charge in [0.25, 0.3) is 0 Å². The zero-order chi connectivity index (χ0) is 18.5. The zero-order valence-corrected chi connectivity index (χ0v) is 15.9. The predicted octanol–water partition coefficient (Wildman–Crippen LogP) is 5.72. The molecule has 2 heteroatoms. The van der Waals surface area contributed by atoms with E-state index in [9.17, 15) is 4.79 Å². The number of carbonyl (C=O) groups is 1. The van der Waals surface area contributed by atoms with E-state index in [4.69, 9.17) is 0 Å². The van der Waals surface area contributed by atoms with Gasteiger partial charge in [-0.15, -0.1) is 0 Å². The molecular weight excluding hydrogens is 330 g/mol. The van der Waals surface area contributed by atoms with Gasteiger partial charge < -0.3 is 4.90 Å². The minimum atomic E-state index is 0.275. The summed E-state index contributed by atoms with van der Waals surface area (Å²) in [4.78, 5) is 15.3. The normalized spacial score (nSPS) is 18.1. The standard InChI is InChI=1S/C25H27NO/c27-25(26-17-9-10-18-26)23-16-8-7-15-22(23)24(21-13-5-2-6-14-21)19-20-11-3-1-4-12-20/h1-6,11-14,19H,7-10,15-18H2/b24-19+. The first-order valence-corrected chi connectivity index (χ1v) is 10.2. The number of hydrogen-bond donors (Lipinski definition) is 0. The Morgan fingerprint density at radius 2 is 1.33 bits per heavy atom. The summed E-state index contributed by atoms with van der Waals surface area (Å²) in [7, 11) is 0. The van der Waals surface area contributed by atoms with Crippen LogP contribution >= 0.6 is 0 Å². The van der Waals surface area contributed by atoms with Gasteiger partial charge in [-0.05, 0) is 66.9 Å². The largest absolute Gasteiger partial charge is 0.339 e. The van der Waals surface area contributed by atoms with Gasteiger partial charge in [-0.2, -0.15) is 0 Å². The maximum Gasteiger partial charge on any atom is 0.250 e. The Morgan fingerprint density at radius 3 is 2.00 bits per heavy atom. The van der Waals surface area contributed by atoms with Crippen molar-refractivity contribution in [1.82, 2.24) is 4.90 Å². The van der Waals surface area contributed by atoms with Gasteiger partial charge in [-0.1, -0.05) is 60.7 Å². The van der Waals surface area contributed by atoms with Crippen LogP contribution in [0.4, 0.5) is 0 Å². The third-order valence-corrected chi connectivity index (χ3v) is 5.64. The summed E-state index contributed by atoms with van der Waals surface area (Å²) in [5.41, 5.74) is 5.90. The second-order valence-corrected chi connectivity index (χ2v) is 7.50. The molecule has 4 rings (SSSR count). The number of amides is 1. The summed E-state index contributed by atoms with van der Waals surface area (Å²) in [6, 6.07) is 21.0. The van der Waals surface area contributed by atoms with Crippen molar-refractivity contribution in [3.63, 3.8) is 0 Å². The van der Waals surface area contributed by atoms with E-state index in [2.05, 4.69) is 65.6 Å². The van der Waals surface area contributed by atoms with E-state index in [-0.39, 0.29) is 5.91 Å². The quantitative estimate of drug-likeness (QED) is 0.641. The van der Waals surface area contributed by atoms with Gasteiger partial charge >= 0.3 is 0 Å². The van der Waals surface area contributed by atoms with Crippen LogP contribution in [0.25, 0.3) is 11.6 Å². The van der Waals surface area contributed by atoms with E-state index in [1.165, 1.54) is 22.3 Å². The molecule has 1 amide bonds. The highest BCUT2D eigenvalue weighted by molar-refractivity contribution is 6.02. The lowest BCUT2D eigenvalue weighted by molar-refractivity contribution is -0.126. The molecule has 0 radical (unpaired) electrons. The monoisotopic (exact) mass is 357 g/mol. The fraction of sp³-hybridized carbons (Fsp3) is 0.320. The Kier molecular flexibility index (Phi) is 5.53. The topological polar surface area (TPSA) is 20.3 Å². The Morgan fingerprint density at radius 1 is 0.741 bits per heavy atom. The maximum atomic E-state index is 13.2. The van der Waals surface area contributed by atoms with Crippen LogP contribution in [0, 0.1) is 0 Å². The number of carbonyl (C=O) groups excluding carboxylic acids is 1. The number of benzene rings is 2. The second-order valence-electron chi connectivity index (χ2n) is 7.50. The molecule has 2 aromatic carbocycles. The van der Waals surface area contributed by atoms with Crippen LogP contribution in [-0.4, -0.2) is 23.9 Å². The molecule has 2 aliphatic rings. The van der Waals surface area contributed by atoms with Crippen LogP contribution in [0.15, 0.2) is 71.8 Å². The van der Waals surface area contributed by atoms with E-state index >= 15 is 0 Å². The van der Waals surface area contributed by atoms with Gasteiger partial charge in [0.15, 0.2) is 0 Å². The molecule has 0 bridgehead atoms. The van der Waals surface area contributed by atoms with E-state index in [0.29, 0.717) is 0 Å². The molecular formula is C25H27NO. The van der Waals surface area contributed by atoms with Crippen molar-refractivity contribution in [3.05, 3.63) is 82.9 Å². The van der Waals surface area contributed by atoms with Crippen LogP contribution < -0.4 is 0 Å². The number of nitrogens with zero attached hydrogens (tertiary/aromatic N) is 1. The van der Waals surface area contributed by atoms with Crippen molar-refractivity contribution < 1.29 is 4.79 Å². The molecule has 0 aromatic heterocycles. The summed E-state index contributed by atoms with van der Waals surface area (Å²) >= 11 is 0. The van der Waals surface area contributed by atoms with Crippen molar-refractivity contribution >= 4 is 17.6 Å². The first-order chi connectivity index (χ1) is 13.3. The minimum Gasteiger partial charge on any atom is -0.339 e. The molecule has 0 spiro atoms. The van der Waals surface area contributed by atoms with Gasteiger partial charge in [0.1, 0.15) is 0 Å². The highest BCUT2D eigenvalue weighted by Crippen LogP contribution is 2.37. The smallest absolute Gasteiger partial charge is 0.250 e. The van der Waals surface area contributed by atoms with Gasteiger partial charge in [-0.3, -0.25) is 4.79 Å². The molecule has 0 atom stereocenters. The van der Waals surface area contributed by atoms with E-state index in [0.717, 1.165) is 57.2 Å². The van der Waals surface area contributed by atoms with Gasteiger partial charge in [-0.25, -0.2) is 0 Å². The molecule has 1 aliphatic carbocycles. The predicted molar refractivity (Wildman–Crippen MR) is 112 cm³/mol.